The Bertz CT molecular complexity index is 747. The second-order valence-electron chi connectivity index (χ2n) is 5.38. The minimum atomic E-state index is 0.570. The largest absolute Gasteiger partial charge is 0.357 e. The van der Waals surface area contributed by atoms with E-state index in [9.17, 15) is 0 Å². The van der Waals surface area contributed by atoms with E-state index >= 15 is 0 Å². The van der Waals surface area contributed by atoms with Gasteiger partial charge in [0.25, 0.3) is 0 Å². The van der Waals surface area contributed by atoms with Crippen molar-refractivity contribution >= 4 is 38.3 Å². The molecule has 3 aromatic rings. The number of benzene rings is 2. The van der Waals surface area contributed by atoms with Crippen molar-refractivity contribution in [3.63, 3.8) is 0 Å². The van der Waals surface area contributed by atoms with Gasteiger partial charge >= 0.3 is 0 Å². The highest BCUT2D eigenvalue weighted by atomic mass is 35.5. The number of thiazole rings is 1. The van der Waals surface area contributed by atoms with Crippen molar-refractivity contribution in [2.75, 3.05) is 5.32 Å². The van der Waals surface area contributed by atoms with E-state index < -0.39 is 0 Å². The highest BCUT2D eigenvalue weighted by Crippen LogP contribution is 2.28. The first-order valence-corrected chi connectivity index (χ1v) is 8.20. The first-order chi connectivity index (χ1) is 10.1. The van der Waals surface area contributed by atoms with Crippen LogP contribution in [0.15, 0.2) is 42.5 Å². The van der Waals surface area contributed by atoms with E-state index in [4.69, 9.17) is 11.6 Å². The normalized spacial score (nSPS) is 11.2. The summed E-state index contributed by atoms with van der Waals surface area (Å²) in [5, 5.41) is 5.04. The lowest BCUT2D eigenvalue weighted by Gasteiger charge is -2.07. The minimum Gasteiger partial charge on any atom is -0.357 e. The Hall–Kier alpha value is -1.58. The third-order valence-electron chi connectivity index (χ3n) is 3.44. The van der Waals surface area contributed by atoms with Crippen LogP contribution < -0.4 is 5.32 Å². The molecule has 2 aromatic carbocycles. The molecule has 1 N–H and O–H groups in total. The van der Waals surface area contributed by atoms with Crippen LogP contribution >= 0.6 is 22.9 Å². The number of hydrogen-bond acceptors (Lipinski definition) is 3. The molecular weight excluding hydrogens is 300 g/mol. The molecule has 0 bridgehead atoms. The van der Waals surface area contributed by atoms with E-state index in [-0.39, 0.29) is 0 Å². The molecule has 0 aliphatic rings. The lowest BCUT2D eigenvalue weighted by Crippen LogP contribution is -1.99. The van der Waals surface area contributed by atoms with E-state index in [1.807, 2.05) is 18.2 Å². The number of fused-ring (bicyclic) bond motifs is 1. The Labute approximate surface area is 133 Å². The lowest BCUT2D eigenvalue weighted by atomic mass is 10.0. The number of nitrogens with zero attached hydrogens (tertiary/aromatic N) is 1. The SMILES string of the molecule is CC(C)c1ccc(CNc2nc3cc(Cl)ccc3s2)cc1. The smallest absolute Gasteiger partial charge is 0.184 e. The van der Waals surface area contributed by atoms with Crippen LogP contribution in [0.25, 0.3) is 10.2 Å². The van der Waals surface area contributed by atoms with Crippen molar-refractivity contribution in [1.29, 1.82) is 0 Å². The lowest BCUT2D eigenvalue weighted by molar-refractivity contribution is 0.865. The van der Waals surface area contributed by atoms with Gasteiger partial charge in [-0.25, -0.2) is 4.98 Å². The molecule has 0 saturated heterocycles. The van der Waals surface area contributed by atoms with Crippen LogP contribution in [0.4, 0.5) is 5.13 Å². The maximum atomic E-state index is 5.99. The van der Waals surface area contributed by atoms with Crippen LogP contribution in [0.3, 0.4) is 0 Å². The monoisotopic (exact) mass is 316 g/mol. The predicted molar refractivity (Wildman–Crippen MR) is 92.5 cm³/mol. The fourth-order valence-electron chi connectivity index (χ4n) is 2.17. The predicted octanol–water partition coefficient (Wildman–Crippen LogP) is 5.69. The van der Waals surface area contributed by atoms with Crippen molar-refractivity contribution in [2.45, 2.75) is 26.3 Å². The molecule has 1 aromatic heterocycles. The molecule has 0 unspecified atom stereocenters. The van der Waals surface area contributed by atoms with Crippen LogP contribution in [-0.2, 0) is 6.54 Å². The molecule has 0 aliphatic carbocycles. The Morgan fingerprint density at radius 3 is 2.62 bits per heavy atom. The van der Waals surface area contributed by atoms with E-state index in [0.717, 1.165) is 26.9 Å². The molecule has 0 amide bonds. The van der Waals surface area contributed by atoms with Crippen molar-refractivity contribution in [3.05, 3.63) is 58.6 Å². The maximum Gasteiger partial charge on any atom is 0.184 e. The Morgan fingerprint density at radius 1 is 1.14 bits per heavy atom. The summed E-state index contributed by atoms with van der Waals surface area (Å²) in [6.45, 7) is 5.20. The summed E-state index contributed by atoms with van der Waals surface area (Å²) < 4.78 is 1.15. The van der Waals surface area contributed by atoms with Gasteiger partial charge in [-0.05, 0) is 35.2 Å². The van der Waals surface area contributed by atoms with E-state index in [1.165, 1.54) is 11.1 Å². The molecule has 3 rings (SSSR count). The van der Waals surface area contributed by atoms with Crippen molar-refractivity contribution < 1.29 is 0 Å². The third kappa shape index (κ3) is 3.36. The molecule has 108 valence electrons. The van der Waals surface area contributed by atoms with Gasteiger partial charge in [-0.3, -0.25) is 0 Å². The van der Waals surface area contributed by atoms with Gasteiger partial charge in [0.2, 0.25) is 0 Å². The Kier molecular flexibility index (Phi) is 4.13. The summed E-state index contributed by atoms with van der Waals surface area (Å²) in [5.74, 6) is 0.570. The second kappa shape index (κ2) is 6.04. The van der Waals surface area contributed by atoms with Crippen molar-refractivity contribution in [3.8, 4) is 0 Å². The van der Waals surface area contributed by atoms with Gasteiger partial charge < -0.3 is 5.32 Å². The zero-order valence-electron chi connectivity index (χ0n) is 12.1. The molecule has 0 atom stereocenters. The van der Waals surface area contributed by atoms with Crippen LogP contribution in [0.2, 0.25) is 5.02 Å². The maximum absolute atomic E-state index is 5.99. The van der Waals surface area contributed by atoms with Crippen LogP contribution in [0, 0.1) is 0 Å². The van der Waals surface area contributed by atoms with Crippen LogP contribution in [-0.4, -0.2) is 4.98 Å². The quantitative estimate of drug-likeness (QED) is 0.669. The molecule has 1 heterocycles. The molecule has 0 spiro atoms. The number of halogens is 1. The molecular formula is C17H17ClN2S. The van der Waals surface area contributed by atoms with Crippen LogP contribution in [0.5, 0.6) is 0 Å². The summed E-state index contributed by atoms with van der Waals surface area (Å²) in [7, 11) is 0. The average Bonchev–Trinajstić information content (AvgIpc) is 2.87. The van der Waals surface area contributed by atoms with Gasteiger partial charge in [0, 0.05) is 11.6 Å². The first-order valence-electron chi connectivity index (χ1n) is 7.00. The van der Waals surface area contributed by atoms with E-state index in [0.29, 0.717) is 5.92 Å². The number of hydrogen-bond donors (Lipinski definition) is 1. The van der Waals surface area contributed by atoms with Crippen LogP contribution in [0.1, 0.15) is 30.9 Å². The topological polar surface area (TPSA) is 24.9 Å². The molecule has 2 nitrogen and oxygen atoms in total. The highest BCUT2D eigenvalue weighted by molar-refractivity contribution is 7.22. The zero-order valence-corrected chi connectivity index (χ0v) is 13.6. The van der Waals surface area contributed by atoms with Gasteiger partial charge in [-0.15, -0.1) is 0 Å². The van der Waals surface area contributed by atoms with Gasteiger partial charge in [-0.2, -0.15) is 0 Å². The van der Waals surface area contributed by atoms with Gasteiger partial charge in [0.15, 0.2) is 5.13 Å². The number of aromatic nitrogens is 1. The molecule has 4 heteroatoms. The van der Waals surface area contributed by atoms with E-state index in [1.54, 1.807) is 11.3 Å². The Balaban J connectivity index is 1.71. The van der Waals surface area contributed by atoms with Gasteiger partial charge in [0.1, 0.15) is 0 Å². The summed E-state index contributed by atoms with van der Waals surface area (Å²) in [5.41, 5.74) is 3.58. The number of rotatable bonds is 4. The minimum absolute atomic E-state index is 0.570. The summed E-state index contributed by atoms with van der Waals surface area (Å²) in [6.07, 6.45) is 0. The van der Waals surface area contributed by atoms with E-state index in [2.05, 4.69) is 48.4 Å². The fraction of sp³-hybridized carbons (Fsp3) is 0.235. The highest BCUT2D eigenvalue weighted by Gasteiger charge is 2.04. The summed E-state index contributed by atoms with van der Waals surface area (Å²) in [6, 6.07) is 14.5. The molecule has 21 heavy (non-hydrogen) atoms. The molecule has 0 saturated carbocycles. The van der Waals surface area contributed by atoms with Gasteiger partial charge in [0.05, 0.1) is 10.2 Å². The molecule has 0 fully saturated rings. The number of nitrogens with one attached hydrogen (secondary N) is 1. The Morgan fingerprint density at radius 2 is 1.90 bits per heavy atom. The standard InChI is InChI=1S/C17H17ClN2S/c1-11(2)13-5-3-12(4-6-13)10-19-17-20-15-9-14(18)7-8-16(15)21-17/h3-9,11H,10H2,1-2H3,(H,19,20). The second-order valence-corrected chi connectivity index (χ2v) is 6.85. The first kappa shape index (κ1) is 14.4. The van der Waals surface area contributed by atoms with Crippen molar-refractivity contribution in [1.82, 2.24) is 4.98 Å². The number of anilines is 1. The third-order valence-corrected chi connectivity index (χ3v) is 4.67. The molecule has 0 aliphatic heterocycles. The van der Waals surface area contributed by atoms with Crippen molar-refractivity contribution in [2.24, 2.45) is 0 Å². The zero-order chi connectivity index (χ0) is 14.8. The fourth-order valence-corrected chi connectivity index (χ4v) is 3.18. The summed E-state index contributed by atoms with van der Waals surface area (Å²) in [4.78, 5) is 4.56. The van der Waals surface area contributed by atoms with Gasteiger partial charge in [-0.1, -0.05) is 61.1 Å². The molecule has 0 radical (unpaired) electrons. The average molecular weight is 317 g/mol. The summed E-state index contributed by atoms with van der Waals surface area (Å²) >= 11 is 7.64.